The van der Waals surface area contributed by atoms with Gasteiger partial charge < -0.3 is 19.7 Å². The number of aliphatic carboxylic acids is 1. The van der Waals surface area contributed by atoms with E-state index in [-0.39, 0.29) is 52.2 Å². The fourth-order valence-electron chi connectivity index (χ4n) is 10.2. The summed E-state index contributed by atoms with van der Waals surface area (Å²) in [7, 11) is 0. The van der Waals surface area contributed by atoms with E-state index in [0.717, 1.165) is 44.1 Å². The van der Waals surface area contributed by atoms with Crippen molar-refractivity contribution in [3.8, 4) is 0 Å². The molecule has 0 bridgehead atoms. The molecule has 4 aliphatic rings. The predicted molar refractivity (Wildman–Crippen MR) is 157 cm³/mol. The minimum absolute atomic E-state index is 0.136. The van der Waals surface area contributed by atoms with Crippen molar-refractivity contribution < 1.29 is 34.1 Å². The second-order valence-corrected chi connectivity index (χ2v) is 14.9. The number of hydrogen-bond acceptors (Lipinski definition) is 6. The van der Waals surface area contributed by atoms with E-state index >= 15 is 0 Å². The van der Waals surface area contributed by atoms with Gasteiger partial charge in [-0.1, -0.05) is 53.2 Å². The van der Waals surface area contributed by atoms with Gasteiger partial charge in [-0.2, -0.15) is 0 Å². The maximum absolute atomic E-state index is 12.4. The van der Waals surface area contributed by atoms with E-state index in [9.17, 15) is 24.6 Å². The van der Waals surface area contributed by atoms with Crippen LogP contribution in [0, 0.1) is 39.4 Å². The zero-order valence-corrected chi connectivity index (χ0v) is 26.6. The standard InChI is InChI=1S/C34H52O7/c1-19(11-10-12-20(2)30(38)39)24-17-28(41-22(4)36)34(9)29-23(13-16-33(24,34)8)32(7)15-14-27(40-21(3)35)31(5,6)26(32)18-25(29)37/h12,19,24-28,37H,10-11,13-18H2,1-9H3,(H,38,39)/b20-12+/t19-,24+,25+,26-,27-,28-,32+,33+,34-/m0/s1. The number of esters is 2. The van der Waals surface area contributed by atoms with E-state index < -0.39 is 17.5 Å². The van der Waals surface area contributed by atoms with Gasteiger partial charge in [0.2, 0.25) is 0 Å². The summed E-state index contributed by atoms with van der Waals surface area (Å²) in [4.78, 5) is 35.7. The van der Waals surface area contributed by atoms with Gasteiger partial charge in [-0.15, -0.1) is 0 Å². The highest BCUT2D eigenvalue weighted by molar-refractivity contribution is 5.85. The average Bonchev–Trinajstić information content (AvgIpc) is 3.08. The van der Waals surface area contributed by atoms with Gasteiger partial charge in [-0.25, -0.2) is 4.79 Å². The molecule has 0 aliphatic heterocycles. The normalized spacial score (nSPS) is 40.6. The van der Waals surface area contributed by atoms with Crippen LogP contribution >= 0.6 is 0 Å². The first kappa shape index (κ1) is 31.8. The molecule has 0 amide bonds. The Bertz CT molecular complexity index is 1150. The molecule has 4 rings (SSSR count). The quantitative estimate of drug-likeness (QED) is 0.200. The SMILES string of the molecule is CC(=O)O[C@H]1CC[C@]2(C)C3=C([C@H](O)C[C@H]2C1(C)C)[C@]1(C)[C@@H](OC(C)=O)C[C@H]([C@@H](C)CC/C=C(\C)C(=O)O)[C@@]1(C)CC3. The molecule has 41 heavy (non-hydrogen) atoms. The molecule has 0 unspecified atom stereocenters. The van der Waals surface area contributed by atoms with E-state index in [0.29, 0.717) is 24.3 Å². The van der Waals surface area contributed by atoms with Crippen LogP contribution in [0.25, 0.3) is 0 Å². The molecule has 0 saturated heterocycles. The molecule has 7 heteroatoms. The summed E-state index contributed by atoms with van der Waals surface area (Å²) in [6, 6.07) is 0. The lowest BCUT2D eigenvalue weighted by molar-refractivity contribution is -0.171. The molecular formula is C34H52O7. The summed E-state index contributed by atoms with van der Waals surface area (Å²) >= 11 is 0. The van der Waals surface area contributed by atoms with Crippen LogP contribution in [-0.2, 0) is 23.9 Å². The predicted octanol–water partition coefficient (Wildman–Crippen LogP) is 6.63. The van der Waals surface area contributed by atoms with Crippen LogP contribution in [-0.4, -0.2) is 46.4 Å². The number of allylic oxidation sites excluding steroid dienone is 2. The molecule has 0 spiro atoms. The molecule has 0 aromatic heterocycles. The minimum Gasteiger partial charge on any atom is -0.478 e. The van der Waals surface area contributed by atoms with Gasteiger partial charge in [0, 0.05) is 30.3 Å². The van der Waals surface area contributed by atoms with Gasteiger partial charge in [-0.05, 0) is 92.4 Å². The fraction of sp³-hybridized carbons (Fsp3) is 0.794. The van der Waals surface area contributed by atoms with Gasteiger partial charge in [0.1, 0.15) is 12.2 Å². The number of aliphatic hydroxyl groups excluding tert-OH is 1. The van der Waals surface area contributed by atoms with Crippen molar-refractivity contribution in [2.45, 2.75) is 132 Å². The lowest BCUT2D eigenvalue weighted by Crippen LogP contribution is -2.59. The molecule has 0 radical (unpaired) electrons. The van der Waals surface area contributed by atoms with Gasteiger partial charge >= 0.3 is 17.9 Å². The molecule has 7 nitrogen and oxygen atoms in total. The van der Waals surface area contributed by atoms with E-state index in [1.807, 2.05) is 0 Å². The number of ether oxygens (including phenoxy) is 2. The monoisotopic (exact) mass is 572 g/mol. The molecule has 230 valence electrons. The fourth-order valence-corrected chi connectivity index (χ4v) is 10.2. The Balaban J connectivity index is 1.75. The van der Waals surface area contributed by atoms with E-state index in [1.165, 1.54) is 19.4 Å². The highest BCUT2D eigenvalue weighted by Gasteiger charge is 2.69. The Morgan fingerprint density at radius 3 is 2.17 bits per heavy atom. The number of carboxylic acid groups (broad SMARTS) is 1. The van der Waals surface area contributed by atoms with Crippen molar-refractivity contribution in [2.75, 3.05) is 0 Å². The van der Waals surface area contributed by atoms with Gasteiger partial charge in [0.05, 0.1) is 6.10 Å². The van der Waals surface area contributed by atoms with Crippen molar-refractivity contribution in [3.05, 3.63) is 22.8 Å². The first-order chi connectivity index (χ1) is 18.9. The highest BCUT2D eigenvalue weighted by Crippen LogP contribution is 2.73. The third kappa shape index (κ3) is 4.98. The number of carboxylic acids is 1. The third-order valence-corrected chi connectivity index (χ3v) is 12.5. The number of carbonyl (C=O) groups is 3. The molecular weight excluding hydrogens is 520 g/mol. The molecule has 0 heterocycles. The Morgan fingerprint density at radius 2 is 1.59 bits per heavy atom. The average molecular weight is 573 g/mol. The number of hydrogen-bond donors (Lipinski definition) is 2. The lowest BCUT2D eigenvalue weighted by Gasteiger charge is -2.63. The third-order valence-electron chi connectivity index (χ3n) is 12.5. The molecule has 2 saturated carbocycles. The molecule has 9 atom stereocenters. The molecule has 0 aromatic carbocycles. The van der Waals surface area contributed by atoms with Crippen molar-refractivity contribution in [2.24, 2.45) is 39.4 Å². The topological polar surface area (TPSA) is 110 Å². The zero-order chi connectivity index (χ0) is 30.7. The summed E-state index contributed by atoms with van der Waals surface area (Å²) in [6.45, 7) is 18.1. The van der Waals surface area contributed by atoms with E-state index in [4.69, 9.17) is 9.47 Å². The van der Waals surface area contributed by atoms with E-state index in [1.54, 1.807) is 13.0 Å². The minimum atomic E-state index is -0.886. The van der Waals surface area contributed by atoms with Crippen molar-refractivity contribution in [1.29, 1.82) is 0 Å². The van der Waals surface area contributed by atoms with Gasteiger partial charge in [0.15, 0.2) is 0 Å². The number of aliphatic hydroxyl groups is 1. The van der Waals surface area contributed by atoms with Gasteiger partial charge in [-0.3, -0.25) is 9.59 Å². The van der Waals surface area contributed by atoms with Crippen molar-refractivity contribution in [3.63, 3.8) is 0 Å². The Kier molecular flexibility index (Phi) is 8.40. The van der Waals surface area contributed by atoms with Crippen LogP contribution in [0.2, 0.25) is 0 Å². The smallest absolute Gasteiger partial charge is 0.330 e. The summed E-state index contributed by atoms with van der Waals surface area (Å²) in [5.74, 6) is -0.726. The number of rotatable bonds is 7. The van der Waals surface area contributed by atoms with Crippen LogP contribution in [0.3, 0.4) is 0 Å². The zero-order valence-electron chi connectivity index (χ0n) is 26.6. The van der Waals surface area contributed by atoms with E-state index in [2.05, 4.69) is 41.5 Å². The largest absolute Gasteiger partial charge is 0.478 e. The number of fused-ring (bicyclic) bond motifs is 4. The maximum atomic E-state index is 12.4. The highest BCUT2D eigenvalue weighted by atomic mass is 16.5. The van der Waals surface area contributed by atoms with Crippen LogP contribution in [0.15, 0.2) is 22.8 Å². The van der Waals surface area contributed by atoms with Crippen LogP contribution in [0.4, 0.5) is 0 Å². The van der Waals surface area contributed by atoms with Crippen LogP contribution in [0.5, 0.6) is 0 Å². The second-order valence-electron chi connectivity index (χ2n) is 14.9. The second kappa shape index (κ2) is 10.8. The molecule has 4 aliphatic carbocycles. The number of carbonyl (C=O) groups excluding carboxylic acids is 2. The van der Waals surface area contributed by atoms with Crippen molar-refractivity contribution >= 4 is 17.9 Å². The Hall–Kier alpha value is -2.15. The molecule has 2 N–H and O–H groups in total. The summed E-state index contributed by atoms with van der Waals surface area (Å²) in [6.07, 6.45) is 7.04. The summed E-state index contributed by atoms with van der Waals surface area (Å²) < 4.78 is 11.9. The Labute approximate surface area is 246 Å². The van der Waals surface area contributed by atoms with Crippen molar-refractivity contribution in [1.82, 2.24) is 0 Å². The van der Waals surface area contributed by atoms with Crippen LogP contribution in [0.1, 0.15) is 114 Å². The summed E-state index contributed by atoms with van der Waals surface area (Å²) in [5.41, 5.74) is 1.67. The maximum Gasteiger partial charge on any atom is 0.330 e. The molecule has 0 aromatic rings. The van der Waals surface area contributed by atoms with Gasteiger partial charge in [0.25, 0.3) is 0 Å². The summed E-state index contributed by atoms with van der Waals surface area (Å²) in [5, 5.41) is 21.3. The lowest BCUT2D eigenvalue weighted by atomic mass is 9.42. The Morgan fingerprint density at radius 1 is 0.976 bits per heavy atom. The first-order valence-electron chi connectivity index (χ1n) is 15.6. The van der Waals surface area contributed by atoms with Crippen LogP contribution < -0.4 is 0 Å². The molecule has 2 fully saturated rings. The first-order valence-corrected chi connectivity index (χ1v) is 15.6.